The number of fused-ring (bicyclic) bond motifs is 1. The monoisotopic (exact) mass is 374 g/mol. The molecule has 2 N–H and O–H groups in total. The molecule has 1 aliphatic rings. The van der Waals surface area contributed by atoms with Crippen molar-refractivity contribution in [2.45, 2.75) is 12.6 Å². The lowest BCUT2D eigenvalue weighted by Gasteiger charge is -2.28. The topological polar surface area (TPSA) is 69.6 Å². The summed E-state index contributed by atoms with van der Waals surface area (Å²) in [5.74, 6) is -0.0754. The molecule has 2 aromatic rings. The highest BCUT2D eigenvalue weighted by Crippen LogP contribution is 2.32. The molecule has 0 spiro atoms. The molecule has 1 atom stereocenters. The van der Waals surface area contributed by atoms with E-state index in [-0.39, 0.29) is 18.5 Å². The van der Waals surface area contributed by atoms with Crippen molar-refractivity contribution in [3.05, 3.63) is 69.7 Å². The zero-order valence-electron chi connectivity index (χ0n) is 12.2. The molecule has 0 unspecified atom stereocenters. The van der Waals surface area contributed by atoms with Crippen LogP contribution in [0.1, 0.15) is 27.5 Å². The number of rotatable bonds is 4. The molecule has 23 heavy (non-hydrogen) atoms. The van der Waals surface area contributed by atoms with E-state index in [1.165, 1.54) is 0 Å². The van der Waals surface area contributed by atoms with Crippen LogP contribution < -0.4 is 5.32 Å². The number of hydrogen-bond donors (Lipinski definition) is 2. The number of halogens is 1. The van der Waals surface area contributed by atoms with E-state index < -0.39 is 6.09 Å². The van der Waals surface area contributed by atoms with Crippen molar-refractivity contribution >= 4 is 27.9 Å². The average molecular weight is 375 g/mol. The van der Waals surface area contributed by atoms with Gasteiger partial charge in [-0.3, -0.25) is 4.79 Å². The highest BCUT2D eigenvalue weighted by Gasteiger charge is 2.33. The van der Waals surface area contributed by atoms with Gasteiger partial charge >= 0.3 is 6.09 Å². The van der Waals surface area contributed by atoms with Gasteiger partial charge in [-0.15, -0.1) is 0 Å². The Kier molecular flexibility index (Phi) is 4.34. The fraction of sp³-hybridized carbons (Fsp3) is 0.176. The molecule has 0 fully saturated rings. The van der Waals surface area contributed by atoms with E-state index in [9.17, 15) is 9.59 Å². The van der Waals surface area contributed by atoms with Gasteiger partial charge in [-0.1, -0.05) is 46.3 Å². The summed E-state index contributed by atoms with van der Waals surface area (Å²) in [6.07, 6.45) is -1.10. The number of nitrogens with one attached hydrogen (secondary N) is 1. The number of amides is 2. The van der Waals surface area contributed by atoms with Crippen molar-refractivity contribution in [3.63, 3.8) is 0 Å². The zero-order chi connectivity index (χ0) is 16.4. The van der Waals surface area contributed by atoms with Crippen LogP contribution in [0.2, 0.25) is 0 Å². The molecular weight excluding hydrogens is 360 g/mol. The minimum Gasteiger partial charge on any atom is -0.465 e. The van der Waals surface area contributed by atoms with Gasteiger partial charge < -0.3 is 15.3 Å². The first-order valence-corrected chi connectivity index (χ1v) is 7.96. The highest BCUT2D eigenvalue weighted by molar-refractivity contribution is 9.10. The Morgan fingerprint density at radius 2 is 2.00 bits per heavy atom. The predicted molar refractivity (Wildman–Crippen MR) is 89.2 cm³/mol. The molecule has 5 nitrogen and oxygen atoms in total. The van der Waals surface area contributed by atoms with Crippen LogP contribution in [0.5, 0.6) is 0 Å². The Morgan fingerprint density at radius 3 is 2.70 bits per heavy atom. The number of carboxylic acid groups (broad SMARTS) is 1. The molecule has 118 valence electrons. The first-order chi connectivity index (χ1) is 11.1. The first kappa shape index (κ1) is 15.6. The smallest absolute Gasteiger partial charge is 0.404 e. The Balaban J connectivity index is 1.92. The standard InChI is InChI=1S/C17H15BrN2O3/c18-13-6-7-14-12(8-13)10-20(16(14)21)15(9-19-17(22)23)11-4-2-1-3-5-11/h1-8,15,19H,9-10H2,(H,22,23)/t15-/m1/s1. The SMILES string of the molecule is O=C(O)NC[C@H](c1ccccc1)N1Cc2cc(Br)ccc2C1=O. The third kappa shape index (κ3) is 3.22. The average Bonchev–Trinajstić information content (AvgIpc) is 2.84. The molecule has 0 bridgehead atoms. The van der Waals surface area contributed by atoms with Gasteiger partial charge in [-0.25, -0.2) is 4.79 Å². The minimum atomic E-state index is -1.10. The van der Waals surface area contributed by atoms with Crippen LogP contribution in [-0.2, 0) is 6.54 Å². The molecule has 1 heterocycles. The summed E-state index contributed by atoms with van der Waals surface area (Å²) in [7, 11) is 0. The van der Waals surface area contributed by atoms with E-state index in [4.69, 9.17) is 5.11 Å². The molecule has 2 amide bonds. The normalized spacial score (nSPS) is 14.5. The van der Waals surface area contributed by atoms with Crippen molar-refractivity contribution in [1.82, 2.24) is 10.2 Å². The summed E-state index contributed by atoms with van der Waals surface area (Å²) in [6.45, 7) is 0.620. The van der Waals surface area contributed by atoms with E-state index in [1.807, 2.05) is 42.5 Å². The lowest BCUT2D eigenvalue weighted by molar-refractivity contribution is 0.0697. The van der Waals surface area contributed by atoms with E-state index in [0.29, 0.717) is 12.1 Å². The first-order valence-electron chi connectivity index (χ1n) is 7.17. The summed E-state index contributed by atoms with van der Waals surface area (Å²) in [5.41, 5.74) is 2.52. The third-order valence-electron chi connectivity index (χ3n) is 3.91. The molecule has 2 aromatic carbocycles. The van der Waals surface area contributed by atoms with Gasteiger partial charge in [0, 0.05) is 23.1 Å². The van der Waals surface area contributed by atoms with Crippen molar-refractivity contribution in [1.29, 1.82) is 0 Å². The Labute approximate surface area is 142 Å². The van der Waals surface area contributed by atoms with Crippen molar-refractivity contribution in [2.24, 2.45) is 0 Å². The van der Waals surface area contributed by atoms with E-state index in [2.05, 4.69) is 21.2 Å². The molecule has 1 aliphatic heterocycles. The molecule has 0 aromatic heterocycles. The number of hydrogen-bond acceptors (Lipinski definition) is 2. The number of benzene rings is 2. The largest absolute Gasteiger partial charge is 0.465 e. The van der Waals surface area contributed by atoms with Crippen molar-refractivity contribution < 1.29 is 14.7 Å². The Bertz CT molecular complexity index is 749. The highest BCUT2D eigenvalue weighted by atomic mass is 79.9. The number of carbonyl (C=O) groups excluding carboxylic acids is 1. The minimum absolute atomic E-state index is 0.0754. The molecule has 0 saturated carbocycles. The maximum atomic E-state index is 12.7. The van der Waals surface area contributed by atoms with Gasteiger partial charge in [0.1, 0.15) is 0 Å². The predicted octanol–water partition coefficient (Wildman–Crippen LogP) is 3.41. The molecule has 3 rings (SSSR count). The van der Waals surface area contributed by atoms with E-state index >= 15 is 0 Å². The fourth-order valence-corrected chi connectivity index (χ4v) is 3.24. The molecule has 0 aliphatic carbocycles. The summed E-state index contributed by atoms with van der Waals surface area (Å²) in [4.78, 5) is 25.3. The Hall–Kier alpha value is -2.34. The van der Waals surface area contributed by atoms with Gasteiger partial charge in [0.25, 0.3) is 5.91 Å². The summed E-state index contributed by atoms with van der Waals surface area (Å²) in [5, 5.41) is 11.3. The van der Waals surface area contributed by atoms with Gasteiger partial charge in [0.2, 0.25) is 0 Å². The lowest BCUT2D eigenvalue weighted by atomic mass is 10.1. The van der Waals surface area contributed by atoms with Crippen molar-refractivity contribution in [3.8, 4) is 0 Å². The Morgan fingerprint density at radius 1 is 1.26 bits per heavy atom. The zero-order valence-corrected chi connectivity index (χ0v) is 13.8. The second kappa shape index (κ2) is 6.42. The van der Waals surface area contributed by atoms with Crippen LogP contribution in [0.3, 0.4) is 0 Å². The maximum Gasteiger partial charge on any atom is 0.404 e. The fourth-order valence-electron chi connectivity index (χ4n) is 2.83. The van der Waals surface area contributed by atoms with Crippen molar-refractivity contribution in [2.75, 3.05) is 6.54 Å². The lowest BCUT2D eigenvalue weighted by Crippen LogP contribution is -2.37. The maximum absolute atomic E-state index is 12.7. The summed E-state index contributed by atoms with van der Waals surface area (Å²) >= 11 is 3.42. The van der Waals surface area contributed by atoms with Gasteiger partial charge in [-0.2, -0.15) is 0 Å². The van der Waals surface area contributed by atoms with E-state index in [0.717, 1.165) is 15.6 Å². The van der Waals surface area contributed by atoms with Crippen LogP contribution in [0, 0.1) is 0 Å². The molecule has 6 heteroatoms. The van der Waals surface area contributed by atoms with Crippen LogP contribution in [0.15, 0.2) is 53.0 Å². The number of nitrogens with zero attached hydrogens (tertiary/aromatic N) is 1. The van der Waals surface area contributed by atoms with Gasteiger partial charge in [0.15, 0.2) is 0 Å². The molecule has 0 saturated heterocycles. The van der Waals surface area contributed by atoms with Crippen LogP contribution in [0.4, 0.5) is 4.79 Å². The van der Waals surface area contributed by atoms with E-state index in [1.54, 1.807) is 11.0 Å². The van der Waals surface area contributed by atoms with Crippen LogP contribution in [-0.4, -0.2) is 28.6 Å². The van der Waals surface area contributed by atoms with Gasteiger partial charge in [0.05, 0.1) is 6.04 Å². The second-order valence-corrected chi connectivity index (χ2v) is 6.26. The third-order valence-corrected chi connectivity index (χ3v) is 4.40. The van der Waals surface area contributed by atoms with Crippen LogP contribution in [0.25, 0.3) is 0 Å². The quantitative estimate of drug-likeness (QED) is 0.861. The molecule has 0 radical (unpaired) electrons. The number of carbonyl (C=O) groups is 2. The second-order valence-electron chi connectivity index (χ2n) is 5.35. The summed E-state index contributed by atoms with van der Waals surface area (Å²) < 4.78 is 0.922. The van der Waals surface area contributed by atoms with Gasteiger partial charge in [-0.05, 0) is 29.3 Å². The summed E-state index contributed by atoms with van der Waals surface area (Å²) in [6, 6.07) is 14.7. The van der Waals surface area contributed by atoms with Crippen LogP contribution >= 0.6 is 15.9 Å². The molecular formula is C17H15BrN2O3.